The molecule has 0 bridgehead atoms. The Morgan fingerprint density at radius 1 is 1.38 bits per heavy atom. The van der Waals surface area contributed by atoms with E-state index < -0.39 is 12.1 Å². The van der Waals surface area contributed by atoms with Crippen molar-refractivity contribution in [3.05, 3.63) is 23.8 Å². The molecule has 1 rings (SSSR count). The van der Waals surface area contributed by atoms with Gasteiger partial charge in [-0.25, -0.2) is 0 Å². The summed E-state index contributed by atoms with van der Waals surface area (Å²) in [7, 11) is 1.59. The largest absolute Gasteiger partial charge is 0.493 e. The highest BCUT2D eigenvalue weighted by Gasteiger charge is 2.14. The average molecular weight is 225 g/mol. The van der Waals surface area contributed by atoms with E-state index in [9.17, 15) is 5.11 Å². The monoisotopic (exact) mass is 225 g/mol. The van der Waals surface area contributed by atoms with Gasteiger partial charge in [0.25, 0.3) is 0 Å². The fourth-order valence-electron chi connectivity index (χ4n) is 1.45. The van der Waals surface area contributed by atoms with E-state index in [0.717, 1.165) is 5.56 Å². The fraction of sp³-hybridized carbons (Fsp3) is 0.500. The highest BCUT2D eigenvalue weighted by atomic mass is 16.5. The Morgan fingerprint density at radius 3 is 2.56 bits per heavy atom. The lowest BCUT2D eigenvalue weighted by atomic mass is 10.0. The number of rotatable bonds is 5. The summed E-state index contributed by atoms with van der Waals surface area (Å²) in [5.74, 6) is 1.32. The molecule has 0 spiro atoms. The number of hydrogen-bond donors (Lipinski definition) is 2. The SMILES string of the molecule is CCOc1cc([C@@H](N)[C@H](C)O)ccc1OC. The third kappa shape index (κ3) is 2.87. The minimum atomic E-state index is -0.595. The molecule has 0 aliphatic heterocycles. The summed E-state index contributed by atoms with van der Waals surface area (Å²) in [5, 5.41) is 9.42. The molecule has 0 aromatic heterocycles. The number of aliphatic hydroxyl groups is 1. The molecule has 4 heteroatoms. The van der Waals surface area contributed by atoms with Crippen molar-refractivity contribution in [2.75, 3.05) is 13.7 Å². The van der Waals surface area contributed by atoms with E-state index in [2.05, 4.69) is 0 Å². The molecule has 3 N–H and O–H groups in total. The molecule has 0 saturated carbocycles. The Kier molecular flexibility index (Phi) is 4.58. The first-order valence-electron chi connectivity index (χ1n) is 5.34. The molecule has 4 nitrogen and oxygen atoms in total. The van der Waals surface area contributed by atoms with Crippen molar-refractivity contribution in [1.82, 2.24) is 0 Å². The second-order valence-corrected chi connectivity index (χ2v) is 3.61. The van der Waals surface area contributed by atoms with Crippen molar-refractivity contribution >= 4 is 0 Å². The molecule has 0 fully saturated rings. The molecule has 0 heterocycles. The number of hydrogen-bond acceptors (Lipinski definition) is 4. The maximum atomic E-state index is 9.42. The van der Waals surface area contributed by atoms with Gasteiger partial charge in [0.05, 0.1) is 25.9 Å². The predicted molar refractivity (Wildman–Crippen MR) is 62.8 cm³/mol. The second kappa shape index (κ2) is 5.72. The molecule has 0 saturated heterocycles. The van der Waals surface area contributed by atoms with Crippen LogP contribution in [0.15, 0.2) is 18.2 Å². The Balaban J connectivity index is 3.01. The normalized spacial score (nSPS) is 14.3. The van der Waals surface area contributed by atoms with Crippen molar-refractivity contribution in [2.45, 2.75) is 26.0 Å². The topological polar surface area (TPSA) is 64.7 Å². The first-order chi connectivity index (χ1) is 7.60. The van der Waals surface area contributed by atoms with Crippen LogP contribution in [0.5, 0.6) is 11.5 Å². The number of methoxy groups -OCH3 is 1. The van der Waals surface area contributed by atoms with Gasteiger partial charge in [0.2, 0.25) is 0 Å². The predicted octanol–water partition coefficient (Wildman–Crippen LogP) is 1.47. The summed E-state index contributed by atoms with van der Waals surface area (Å²) in [6.07, 6.45) is -0.595. The van der Waals surface area contributed by atoms with E-state index in [4.69, 9.17) is 15.2 Å². The number of aliphatic hydroxyl groups excluding tert-OH is 1. The van der Waals surface area contributed by atoms with Crippen LogP contribution in [0.25, 0.3) is 0 Å². The Labute approximate surface area is 96.0 Å². The van der Waals surface area contributed by atoms with E-state index in [0.29, 0.717) is 18.1 Å². The van der Waals surface area contributed by atoms with Crippen molar-refractivity contribution < 1.29 is 14.6 Å². The molecule has 16 heavy (non-hydrogen) atoms. The first-order valence-corrected chi connectivity index (χ1v) is 5.34. The van der Waals surface area contributed by atoms with Crippen LogP contribution < -0.4 is 15.2 Å². The third-order valence-electron chi connectivity index (χ3n) is 2.39. The van der Waals surface area contributed by atoms with Crippen LogP contribution in [0.3, 0.4) is 0 Å². The van der Waals surface area contributed by atoms with Gasteiger partial charge in [-0.05, 0) is 31.5 Å². The van der Waals surface area contributed by atoms with Gasteiger partial charge in [0, 0.05) is 0 Å². The summed E-state index contributed by atoms with van der Waals surface area (Å²) in [6, 6.07) is 5.02. The van der Waals surface area contributed by atoms with E-state index in [1.807, 2.05) is 13.0 Å². The van der Waals surface area contributed by atoms with Gasteiger partial charge in [-0.15, -0.1) is 0 Å². The molecule has 0 aliphatic carbocycles. The van der Waals surface area contributed by atoms with Crippen molar-refractivity contribution in [2.24, 2.45) is 5.73 Å². The average Bonchev–Trinajstić information content (AvgIpc) is 2.28. The van der Waals surface area contributed by atoms with Crippen molar-refractivity contribution in [1.29, 1.82) is 0 Å². The lowest BCUT2D eigenvalue weighted by Crippen LogP contribution is -2.23. The second-order valence-electron chi connectivity index (χ2n) is 3.61. The lowest BCUT2D eigenvalue weighted by Gasteiger charge is -2.17. The van der Waals surface area contributed by atoms with Crippen LogP contribution >= 0.6 is 0 Å². The van der Waals surface area contributed by atoms with Gasteiger partial charge < -0.3 is 20.3 Å². The van der Waals surface area contributed by atoms with E-state index in [-0.39, 0.29) is 0 Å². The van der Waals surface area contributed by atoms with Crippen LogP contribution in [0.4, 0.5) is 0 Å². The van der Waals surface area contributed by atoms with Crippen molar-refractivity contribution in [3.8, 4) is 11.5 Å². The maximum Gasteiger partial charge on any atom is 0.161 e. The van der Waals surface area contributed by atoms with Gasteiger partial charge in [-0.1, -0.05) is 6.07 Å². The van der Waals surface area contributed by atoms with E-state index >= 15 is 0 Å². The van der Waals surface area contributed by atoms with Crippen LogP contribution in [0.2, 0.25) is 0 Å². The molecule has 2 atom stereocenters. The van der Waals surface area contributed by atoms with Gasteiger partial charge in [0.1, 0.15) is 0 Å². The molecule has 1 aromatic carbocycles. The minimum Gasteiger partial charge on any atom is -0.493 e. The quantitative estimate of drug-likeness (QED) is 0.796. The first kappa shape index (κ1) is 12.8. The van der Waals surface area contributed by atoms with Crippen LogP contribution in [0, 0.1) is 0 Å². The summed E-state index contributed by atoms with van der Waals surface area (Å²) in [5.41, 5.74) is 6.68. The molecule has 0 aliphatic rings. The van der Waals surface area contributed by atoms with Crippen LogP contribution in [-0.2, 0) is 0 Å². The highest BCUT2D eigenvalue weighted by Crippen LogP contribution is 2.30. The third-order valence-corrected chi connectivity index (χ3v) is 2.39. The molecule has 1 aromatic rings. The van der Waals surface area contributed by atoms with Gasteiger partial charge in [-0.2, -0.15) is 0 Å². The number of benzene rings is 1. The smallest absolute Gasteiger partial charge is 0.161 e. The van der Waals surface area contributed by atoms with Crippen LogP contribution in [0.1, 0.15) is 25.5 Å². The minimum absolute atomic E-state index is 0.412. The van der Waals surface area contributed by atoms with E-state index in [1.54, 1.807) is 26.2 Å². The zero-order valence-corrected chi connectivity index (χ0v) is 9.93. The molecular weight excluding hydrogens is 206 g/mol. The molecule has 0 amide bonds. The van der Waals surface area contributed by atoms with Crippen molar-refractivity contribution in [3.63, 3.8) is 0 Å². The van der Waals surface area contributed by atoms with E-state index in [1.165, 1.54) is 0 Å². The summed E-state index contributed by atoms with van der Waals surface area (Å²) >= 11 is 0. The number of nitrogens with two attached hydrogens (primary N) is 1. The zero-order valence-electron chi connectivity index (χ0n) is 9.93. The standard InChI is InChI=1S/C12H19NO3/c1-4-16-11-7-9(12(13)8(2)14)5-6-10(11)15-3/h5-8,12,14H,4,13H2,1-3H3/t8-,12-/m0/s1. The van der Waals surface area contributed by atoms with Gasteiger partial charge in [-0.3, -0.25) is 0 Å². The Morgan fingerprint density at radius 2 is 2.06 bits per heavy atom. The maximum absolute atomic E-state index is 9.42. The Bertz CT molecular complexity index is 339. The summed E-state index contributed by atoms with van der Waals surface area (Å²) in [4.78, 5) is 0. The highest BCUT2D eigenvalue weighted by molar-refractivity contribution is 5.44. The zero-order chi connectivity index (χ0) is 12.1. The van der Waals surface area contributed by atoms with Gasteiger partial charge >= 0.3 is 0 Å². The molecule has 0 unspecified atom stereocenters. The molecular formula is C12H19NO3. The Hall–Kier alpha value is -1.26. The molecule has 90 valence electrons. The summed E-state index contributed by atoms with van der Waals surface area (Å²) < 4.78 is 10.6. The van der Waals surface area contributed by atoms with Gasteiger partial charge in [0.15, 0.2) is 11.5 Å². The number of ether oxygens (including phenoxy) is 2. The molecule has 0 radical (unpaired) electrons. The summed E-state index contributed by atoms with van der Waals surface area (Å²) in [6.45, 7) is 4.12. The van der Waals surface area contributed by atoms with Crippen LogP contribution in [-0.4, -0.2) is 24.9 Å². The fourth-order valence-corrected chi connectivity index (χ4v) is 1.45. The lowest BCUT2D eigenvalue weighted by molar-refractivity contribution is 0.164.